The van der Waals surface area contributed by atoms with Crippen LogP contribution in [0.4, 0.5) is 0 Å². The second-order valence-electron chi connectivity index (χ2n) is 5.05. The molecule has 0 heterocycles. The predicted molar refractivity (Wildman–Crippen MR) is 82.0 cm³/mol. The van der Waals surface area contributed by atoms with Gasteiger partial charge in [0.1, 0.15) is 0 Å². The molecule has 0 radical (unpaired) electrons. The lowest BCUT2D eigenvalue weighted by molar-refractivity contribution is -0.124. The van der Waals surface area contributed by atoms with Crippen LogP contribution in [0.3, 0.4) is 0 Å². The molecule has 0 aliphatic heterocycles. The second-order valence-corrected chi connectivity index (χ2v) is 6.27. The zero-order valence-electron chi connectivity index (χ0n) is 12.3. The van der Waals surface area contributed by atoms with Crippen LogP contribution in [0.25, 0.3) is 0 Å². The lowest BCUT2D eigenvalue weighted by Gasteiger charge is -2.27. The van der Waals surface area contributed by atoms with Gasteiger partial charge in [-0.1, -0.05) is 26.7 Å². The van der Waals surface area contributed by atoms with Gasteiger partial charge < -0.3 is 11.1 Å². The van der Waals surface area contributed by atoms with Crippen molar-refractivity contribution in [2.24, 2.45) is 5.73 Å². The van der Waals surface area contributed by atoms with Crippen LogP contribution in [-0.4, -0.2) is 29.5 Å². The van der Waals surface area contributed by atoms with Gasteiger partial charge >= 0.3 is 0 Å². The Kier molecular flexibility index (Phi) is 10.5. The van der Waals surface area contributed by atoms with Crippen LogP contribution >= 0.6 is 11.8 Å². The molecule has 18 heavy (non-hydrogen) atoms. The zero-order chi connectivity index (χ0) is 13.9. The van der Waals surface area contributed by atoms with Gasteiger partial charge in [-0.25, -0.2) is 0 Å². The van der Waals surface area contributed by atoms with Crippen LogP contribution in [0.2, 0.25) is 0 Å². The first-order valence-electron chi connectivity index (χ1n) is 7.19. The SMILES string of the molecule is CCCCCSCCCC(C)(NCCC)C(N)=O. The Labute approximate surface area is 117 Å². The minimum absolute atomic E-state index is 0.230. The highest BCUT2D eigenvalue weighted by Gasteiger charge is 2.29. The molecule has 1 amide bonds. The van der Waals surface area contributed by atoms with E-state index < -0.39 is 5.54 Å². The number of hydrogen-bond acceptors (Lipinski definition) is 3. The highest BCUT2D eigenvalue weighted by Crippen LogP contribution is 2.16. The number of nitrogens with two attached hydrogens (primary N) is 1. The number of carbonyl (C=O) groups is 1. The number of primary amides is 1. The second kappa shape index (κ2) is 10.7. The largest absolute Gasteiger partial charge is 0.368 e. The minimum atomic E-state index is -0.528. The van der Waals surface area contributed by atoms with E-state index in [0.29, 0.717) is 0 Å². The van der Waals surface area contributed by atoms with Crippen molar-refractivity contribution in [1.82, 2.24) is 5.32 Å². The van der Waals surface area contributed by atoms with Crippen LogP contribution in [0.15, 0.2) is 0 Å². The number of unbranched alkanes of at least 4 members (excludes halogenated alkanes) is 2. The maximum atomic E-state index is 11.5. The molecule has 0 rings (SSSR count). The predicted octanol–water partition coefficient (Wildman–Crippen LogP) is 2.93. The van der Waals surface area contributed by atoms with Crippen molar-refractivity contribution in [2.75, 3.05) is 18.1 Å². The summed E-state index contributed by atoms with van der Waals surface area (Å²) in [7, 11) is 0. The van der Waals surface area contributed by atoms with Gasteiger partial charge in [-0.05, 0) is 50.7 Å². The molecule has 0 aromatic heterocycles. The Bertz CT molecular complexity index is 224. The van der Waals surface area contributed by atoms with E-state index in [2.05, 4.69) is 19.2 Å². The van der Waals surface area contributed by atoms with E-state index in [1.165, 1.54) is 25.0 Å². The molecule has 0 bridgehead atoms. The van der Waals surface area contributed by atoms with E-state index in [1.54, 1.807) is 0 Å². The van der Waals surface area contributed by atoms with Gasteiger partial charge in [0.25, 0.3) is 0 Å². The number of amides is 1. The summed E-state index contributed by atoms with van der Waals surface area (Å²) >= 11 is 1.99. The Morgan fingerprint density at radius 3 is 2.39 bits per heavy atom. The summed E-state index contributed by atoms with van der Waals surface area (Å²) < 4.78 is 0. The molecular weight excluding hydrogens is 244 g/mol. The first-order chi connectivity index (χ1) is 8.56. The summed E-state index contributed by atoms with van der Waals surface area (Å²) in [5.41, 5.74) is 4.96. The molecule has 3 N–H and O–H groups in total. The molecule has 1 atom stereocenters. The molecule has 0 saturated carbocycles. The summed E-state index contributed by atoms with van der Waals surface area (Å²) in [5.74, 6) is 2.14. The molecule has 0 fully saturated rings. The first kappa shape index (κ1) is 17.8. The Balaban J connectivity index is 3.73. The van der Waals surface area contributed by atoms with Crippen molar-refractivity contribution in [3.8, 4) is 0 Å². The maximum Gasteiger partial charge on any atom is 0.237 e. The van der Waals surface area contributed by atoms with Crippen LogP contribution in [-0.2, 0) is 4.79 Å². The van der Waals surface area contributed by atoms with Gasteiger partial charge in [-0.15, -0.1) is 0 Å². The molecule has 4 heteroatoms. The third-order valence-corrected chi connectivity index (χ3v) is 4.32. The smallest absolute Gasteiger partial charge is 0.237 e. The number of nitrogens with one attached hydrogen (secondary N) is 1. The average molecular weight is 274 g/mol. The van der Waals surface area contributed by atoms with Crippen molar-refractivity contribution >= 4 is 17.7 Å². The van der Waals surface area contributed by atoms with Gasteiger partial charge in [0.15, 0.2) is 0 Å². The standard InChI is InChI=1S/C14H30N2OS/c1-4-6-7-11-18-12-8-9-14(3,13(15)17)16-10-5-2/h16H,4-12H2,1-3H3,(H2,15,17). The molecule has 108 valence electrons. The topological polar surface area (TPSA) is 55.1 Å². The summed E-state index contributed by atoms with van der Waals surface area (Å²) in [5, 5.41) is 3.27. The van der Waals surface area contributed by atoms with Crippen LogP contribution < -0.4 is 11.1 Å². The van der Waals surface area contributed by atoms with Gasteiger partial charge in [0.2, 0.25) is 5.91 Å². The highest BCUT2D eigenvalue weighted by molar-refractivity contribution is 7.99. The summed E-state index contributed by atoms with van der Waals surface area (Å²) in [6.45, 7) is 7.09. The highest BCUT2D eigenvalue weighted by atomic mass is 32.2. The first-order valence-corrected chi connectivity index (χ1v) is 8.35. The fraction of sp³-hybridized carbons (Fsp3) is 0.929. The molecule has 3 nitrogen and oxygen atoms in total. The number of thioether (sulfide) groups is 1. The van der Waals surface area contributed by atoms with Gasteiger partial charge in [-0.3, -0.25) is 4.79 Å². The monoisotopic (exact) mass is 274 g/mol. The van der Waals surface area contributed by atoms with E-state index in [9.17, 15) is 4.79 Å². The maximum absolute atomic E-state index is 11.5. The molecule has 0 aliphatic carbocycles. The molecular formula is C14H30N2OS. The van der Waals surface area contributed by atoms with Gasteiger partial charge in [0, 0.05) is 0 Å². The Hall–Kier alpha value is -0.220. The third-order valence-electron chi connectivity index (χ3n) is 3.17. The Morgan fingerprint density at radius 2 is 1.83 bits per heavy atom. The Morgan fingerprint density at radius 1 is 1.17 bits per heavy atom. The molecule has 0 aromatic carbocycles. The van der Waals surface area contributed by atoms with Crippen molar-refractivity contribution in [3.63, 3.8) is 0 Å². The number of carbonyl (C=O) groups excluding carboxylic acids is 1. The van der Waals surface area contributed by atoms with Crippen LogP contribution in [0, 0.1) is 0 Å². The lowest BCUT2D eigenvalue weighted by Crippen LogP contribution is -2.53. The van der Waals surface area contributed by atoms with E-state index in [1.807, 2.05) is 18.7 Å². The van der Waals surface area contributed by atoms with Crippen LogP contribution in [0.1, 0.15) is 59.3 Å². The molecule has 0 aromatic rings. The minimum Gasteiger partial charge on any atom is -0.368 e. The van der Waals surface area contributed by atoms with E-state index in [4.69, 9.17) is 5.73 Å². The van der Waals surface area contributed by atoms with Crippen LogP contribution in [0.5, 0.6) is 0 Å². The number of rotatable bonds is 12. The van der Waals surface area contributed by atoms with E-state index in [0.717, 1.165) is 31.6 Å². The molecule has 1 unspecified atom stereocenters. The fourth-order valence-corrected chi connectivity index (χ4v) is 2.74. The normalized spacial score (nSPS) is 14.4. The summed E-state index contributed by atoms with van der Waals surface area (Å²) in [6, 6.07) is 0. The number of hydrogen-bond donors (Lipinski definition) is 2. The molecule has 0 aliphatic rings. The van der Waals surface area contributed by atoms with Crippen molar-refractivity contribution < 1.29 is 4.79 Å². The molecule has 0 spiro atoms. The van der Waals surface area contributed by atoms with E-state index >= 15 is 0 Å². The fourth-order valence-electron chi connectivity index (χ4n) is 1.78. The third kappa shape index (κ3) is 7.98. The lowest BCUT2D eigenvalue weighted by atomic mass is 9.95. The quantitative estimate of drug-likeness (QED) is 0.538. The average Bonchev–Trinajstić information content (AvgIpc) is 2.35. The summed E-state index contributed by atoms with van der Waals surface area (Å²) in [4.78, 5) is 11.5. The van der Waals surface area contributed by atoms with Gasteiger partial charge in [-0.2, -0.15) is 11.8 Å². The zero-order valence-corrected chi connectivity index (χ0v) is 13.1. The van der Waals surface area contributed by atoms with Crippen molar-refractivity contribution in [3.05, 3.63) is 0 Å². The van der Waals surface area contributed by atoms with E-state index in [-0.39, 0.29) is 5.91 Å². The van der Waals surface area contributed by atoms with Crippen molar-refractivity contribution in [2.45, 2.75) is 64.8 Å². The summed E-state index contributed by atoms with van der Waals surface area (Å²) in [6.07, 6.45) is 6.82. The van der Waals surface area contributed by atoms with Crippen molar-refractivity contribution in [1.29, 1.82) is 0 Å². The molecule has 0 saturated heterocycles. The van der Waals surface area contributed by atoms with Gasteiger partial charge in [0.05, 0.1) is 5.54 Å².